The number of hydrogen-bond acceptors (Lipinski definition) is 4. The van der Waals surface area contributed by atoms with Crippen LogP contribution >= 0.6 is 0 Å². The molecule has 1 aliphatic rings. The van der Waals surface area contributed by atoms with Gasteiger partial charge in [0.2, 0.25) is 0 Å². The van der Waals surface area contributed by atoms with Crippen LogP contribution < -0.4 is 14.8 Å². The van der Waals surface area contributed by atoms with Gasteiger partial charge in [0.1, 0.15) is 18.1 Å². The van der Waals surface area contributed by atoms with Crippen LogP contribution in [0.15, 0.2) is 42.9 Å². The molecular weight excluding hydrogens is 322 g/mol. The van der Waals surface area contributed by atoms with E-state index in [1.54, 1.807) is 13.4 Å². The van der Waals surface area contributed by atoms with Gasteiger partial charge in [-0.05, 0) is 42.7 Å². The lowest BCUT2D eigenvalue weighted by Gasteiger charge is -2.12. The number of aromatic nitrogens is 2. The van der Waals surface area contributed by atoms with E-state index >= 15 is 0 Å². The lowest BCUT2D eigenvalue weighted by Crippen LogP contribution is -2.31. The molecule has 0 spiro atoms. The Labute approximate surface area is 145 Å². The van der Waals surface area contributed by atoms with Crippen molar-refractivity contribution in [2.45, 2.75) is 25.4 Å². The lowest BCUT2D eigenvalue weighted by atomic mass is 10.1. The number of rotatable bonds is 7. The van der Waals surface area contributed by atoms with Gasteiger partial charge >= 0.3 is 6.09 Å². The van der Waals surface area contributed by atoms with E-state index in [0.717, 1.165) is 22.8 Å². The van der Waals surface area contributed by atoms with Crippen molar-refractivity contribution in [2.24, 2.45) is 0 Å². The first kappa shape index (κ1) is 16.9. The van der Waals surface area contributed by atoms with Crippen molar-refractivity contribution >= 4 is 11.7 Å². The Kier molecular flexibility index (Phi) is 5.23. The number of nitrogens with zero attached hydrogens (tertiary/aromatic N) is 2. The molecule has 1 aromatic heterocycles. The maximum absolute atomic E-state index is 10.8. The fourth-order valence-electron chi connectivity index (χ4n) is 2.91. The van der Waals surface area contributed by atoms with Gasteiger partial charge in [-0.2, -0.15) is 0 Å². The van der Waals surface area contributed by atoms with Crippen LogP contribution in [0.4, 0.5) is 4.79 Å². The first-order chi connectivity index (χ1) is 12.2. The normalized spacial score (nSPS) is 16.4. The van der Waals surface area contributed by atoms with Crippen LogP contribution in [0.25, 0.3) is 5.57 Å². The van der Waals surface area contributed by atoms with Gasteiger partial charge in [-0.3, -0.25) is 0 Å². The smallest absolute Gasteiger partial charge is 0.404 e. The van der Waals surface area contributed by atoms with Gasteiger partial charge in [0, 0.05) is 6.04 Å². The second kappa shape index (κ2) is 7.74. The van der Waals surface area contributed by atoms with Crippen LogP contribution in [0.1, 0.15) is 18.5 Å². The summed E-state index contributed by atoms with van der Waals surface area (Å²) in [4.78, 5) is 15.0. The maximum atomic E-state index is 10.8. The first-order valence-electron chi connectivity index (χ1n) is 8.11. The predicted molar refractivity (Wildman–Crippen MR) is 92.9 cm³/mol. The molecule has 25 heavy (non-hydrogen) atoms. The average Bonchev–Trinajstić information content (AvgIpc) is 3.24. The first-order valence-corrected chi connectivity index (χ1v) is 8.11. The molecule has 0 radical (unpaired) electrons. The van der Waals surface area contributed by atoms with Crippen molar-refractivity contribution in [2.75, 3.05) is 13.7 Å². The summed E-state index contributed by atoms with van der Waals surface area (Å²) in [5.41, 5.74) is 2.12. The van der Waals surface area contributed by atoms with E-state index in [2.05, 4.69) is 16.4 Å². The number of carboxylic acid groups (broad SMARTS) is 1. The number of ether oxygens (including phenoxy) is 2. The summed E-state index contributed by atoms with van der Waals surface area (Å²) in [5.74, 6) is 1.58. The van der Waals surface area contributed by atoms with Crippen molar-refractivity contribution in [3.63, 3.8) is 0 Å². The minimum atomic E-state index is -0.985. The molecule has 7 heteroatoms. The summed E-state index contributed by atoms with van der Waals surface area (Å²) in [7, 11) is 1.63. The van der Waals surface area contributed by atoms with E-state index in [-0.39, 0.29) is 6.04 Å². The molecule has 7 nitrogen and oxygen atoms in total. The molecule has 0 saturated carbocycles. The number of amides is 1. The molecule has 1 aliphatic carbocycles. The molecule has 0 bridgehead atoms. The van der Waals surface area contributed by atoms with Gasteiger partial charge in [-0.1, -0.05) is 6.08 Å². The summed E-state index contributed by atoms with van der Waals surface area (Å²) in [6.07, 6.45) is 6.04. The van der Waals surface area contributed by atoms with E-state index < -0.39 is 6.09 Å². The highest BCUT2D eigenvalue weighted by Gasteiger charge is 2.21. The molecule has 1 amide bonds. The van der Waals surface area contributed by atoms with Crippen molar-refractivity contribution in [1.29, 1.82) is 0 Å². The van der Waals surface area contributed by atoms with Gasteiger partial charge in [-0.15, -0.1) is 0 Å². The Morgan fingerprint density at radius 1 is 1.36 bits per heavy atom. The molecule has 1 atom stereocenters. The molecule has 132 valence electrons. The largest absolute Gasteiger partial charge is 0.497 e. The summed E-state index contributed by atoms with van der Waals surface area (Å²) in [5, 5.41) is 11.4. The van der Waals surface area contributed by atoms with Crippen LogP contribution in [-0.4, -0.2) is 40.5 Å². The van der Waals surface area contributed by atoms with Crippen molar-refractivity contribution in [3.05, 3.63) is 48.6 Å². The zero-order valence-corrected chi connectivity index (χ0v) is 14.0. The molecule has 0 fully saturated rings. The summed E-state index contributed by atoms with van der Waals surface area (Å²) < 4.78 is 12.9. The van der Waals surface area contributed by atoms with E-state index in [9.17, 15) is 4.79 Å². The molecule has 1 heterocycles. The Balaban J connectivity index is 1.54. The molecular formula is C18H21N3O4. The third-order valence-corrected chi connectivity index (χ3v) is 4.14. The fourth-order valence-corrected chi connectivity index (χ4v) is 2.91. The Morgan fingerprint density at radius 3 is 2.84 bits per heavy atom. The number of methoxy groups -OCH3 is 1. The van der Waals surface area contributed by atoms with Gasteiger partial charge in [-0.25, -0.2) is 9.78 Å². The lowest BCUT2D eigenvalue weighted by molar-refractivity contribution is 0.190. The van der Waals surface area contributed by atoms with E-state index in [1.807, 2.05) is 35.0 Å². The minimum Gasteiger partial charge on any atom is -0.497 e. The third-order valence-electron chi connectivity index (χ3n) is 4.14. The van der Waals surface area contributed by atoms with E-state index in [4.69, 9.17) is 14.6 Å². The van der Waals surface area contributed by atoms with Gasteiger partial charge in [0.15, 0.2) is 0 Å². The molecule has 1 unspecified atom stereocenters. The molecule has 1 aromatic carbocycles. The van der Waals surface area contributed by atoms with E-state index in [0.29, 0.717) is 26.0 Å². The number of nitrogens with one attached hydrogen (secondary N) is 1. The summed E-state index contributed by atoms with van der Waals surface area (Å²) in [6, 6.07) is 7.39. The second-order valence-electron chi connectivity index (χ2n) is 5.81. The van der Waals surface area contributed by atoms with Crippen LogP contribution in [-0.2, 0) is 6.54 Å². The fraction of sp³-hybridized carbons (Fsp3) is 0.333. The number of benzene rings is 1. The highest BCUT2D eigenvalue weighted by Crippen LogP contribution is 2.28. The Bertz CT molecular complexity index is 752. The summed E-state index contributed by atoms with van der Waals surface area (Å²) >= 11 is 0. The molecule has 3 rings (SSSR count). The third kappa shape index (κ3) is 4.32. The highest BCUT2D eigenvalue weighted by molar-refractivity contribution is 5.69. The predicted octanol–water partition coefficient (Wildman–Crippen LogP) is 2.78. The van der Waals surface area contributed by atoms with Gasteiger partial charge in [0.05, 0.1) is 31.9 Å². The van der Waals surface area contributed by atoms with Crippen LogP contribution in [0.5, 0.6) is 11.5 Å². The standard InChI is InChI=1S/C18H21N3O4/c1-24-15-4-6-16(7-5-15)25-9-8-21-12-19-11-17(21)13-2-3-14(10-13)20-18(22)23/h2,4-7,11-12,14,20H,3,8-10H2,1H3,(H,22,23). The van der Waals surface area contributed by atoms with Crippen LogP contribution in [0.2, 0.25) is 0 Å². The average molecular weight is 343 g/mol. The monoisotopic (exact) mass is 343 g/mol. The van der Waals surface area contributed by atoms with Crippen LogP contribution in [0, 0.1) is 0 Å². The van der Waals surface area contributed by atoms with E-state index in [1.165, 1.54) is 0 Å². The number of hydrogen-bond donors (Lipinski definition) is 2. The van der Waals surface area contributed by atoms with Crippen LogP contribution in [0.3, 0.4) is 0 Å². The minimum absolute atomic E-state index is 0.0635. The quantitative estimate of drug-likeness (QED) is 0.807. The SMILES string of the molecule is COc1ccc(OCCn2cncc2C2=CCC(NC(=O)O)C2)cc1. The summed E-state index contributed by atoms with van der Waals surface area (Å²) in [6.45, 7) is 1.18. The molecule has 2 N–H and O–H groups in total. The molecule has 0 saturated heterocycles. The highest BCUT2D eigenvalue weighted by atomic mass is 16.5. The molecule has 0 aliphatic heterocycles. The Morgan fingerprint density at radius 2 is 2.12 bits per heavy atom. The zero-order chi connectivity index (χ0) is 17.6. The topological polar surface area (TPSA) is 85.6 Å². The second-order valence-corrected chi connectivity index (χ2v) is 5.81. The van der Waals surface area contributed by atoms with Crippen molar-refractivity contribution < 1.29 is 19.4 Å². The van der Waals surface area contributed by atoms with Crippen molar-refractivity contribution in [3.8, 4) is 11.5 Å². The maximum Gasteiger partial charge on any atom is 0.404 e. The van der Waals surface area contributed by atoms with Gasteiger partial charge in [0.25, 0.3) is 0 Å². The number of imidazole rings is 1. The van der Waals surface area contributed by atoms with Gasteiger partial charge < -0.3 is 24.5 Å². The number of carbonyl (C=O) groups is 1. The van der Waals surface area contributed by atoms with Crippen molar-refractivity contribution in [1.82, 2.24) is 14.9 Å². The zero-order valence-electron chi connectivity index (χ0n) is 14.0. The molecule has 2 aromatic rings. The Hall–Kier alpha value is -2.96.